The monoisotopic (exact) mass is 282 g/mol. The van der Waals surface area contributed by atoms with E-state index in [1.165, 1.54) is 6.07 Å². The molecule has 0 saturated heterocycles. The van der Waals surface area contributed by atoms with E-state index in [4.69, 9.17) is 4.74 Å². The van der Waals surface area contributed by atoms with Crippen LogP contribution >= 0.6 is 0 Å². The summed E-state index contributed by atoms with van der Waals surface area (Å²) in [6.45, 7) is 7.63. The lowest BCUT2D eigenvalue weighted by molar-refractivity contribution is 0.101. The molecule has 20 heavy (non-hydrogen) atoms. The van der Waals surface area contributed by atoms with Crippen LogP contribution in [0.2, 0.25) is 0 Å². The number of nitrogens with zero attached hydrogens (tertiary/aromatic N) is 1. The summed E-state index contributed by atoms with van der Waals surface area (Å²) in [5.41, 5.74) is 0.984. The van der Waals surface area contributed by atoms with Crippen LogP contribution in [0.25, 0.3) is 0 Å². The maximum absolute atomic E-state index is 13.2. The second kappa shape index (κ2) is 9.06. The van der Waals surface area contributed by atoms with Crippen LogP contribution in [0.3, 0.4) is 0 Å². The van der Waals surface area contributed by atoms with Crippen LogP contribution in [0.15, 0.2) is 24.3 Å². The average molecular weight is 282 g/mol. The van der Waals surface area contributed by atoms with Gasteiger partial charge in [0.25, 0.3) is 0 Å². The molecule has 1 aromatic rings. The van der Waals surface area contributed by atoms with E-state index in [2.05, 4.69) is 24.1 Å². The minimum Gasteiger partial charge on any atom is -0.383 e. The summed E-state index contributed by atoms with van der Waals surface area (Å²) >= 11 is 0. The maximum atomic E-state index is 13.2. The summed E-state index contributed by atoms with van der Waals surface area (Å²) < 4.78 is 18.5. The predicted octanol–water partition coefficient (Wildman–Crippen LogP) is 2.52. The lowest BCUT2D eigenvalue weighted by atomic mass is 10.1. The first kappa shape index (κ1) is 17.1. The number of benzene rings is 1. The first-order chi connectivity index (χ1) is 9.52. The minimum absolute atomic E-state index is 0.183. The molecular weight excluding hydrogens is 255 g/mol. The van der Waals surface area contributed by atoms with E-state index in [9.17, 15) is 4.39 Å². The second-order valence-corrected chi connectivity index (χ2v) is 5.71. The van der Waals surface area contributed by atoms with Crippen LogP contribution < -0.4 is 5.32 Å². The Balaban J connectivity index is 2.52. The van der Waals surface area contributed by atoms with Gasteiger partial charge in [-0.2, -0.15) is 0 Å². The molecule has 0 saturated carbocycles. The van der Waals surface area contributed by atoms with Crippen molar-refractivity contribution in [2.75, 3.05) is 33.9 Å². The van der Waals surface area contributed by atoms with Crippen molar-refractivity contribution in [2.24, 2.45) is 5.92 Å². The first-order valence-electron chi connectivity index (χ1n) is 7.17. The van der Waals surface area contributed by atoms with Gasteiger partial charge < -0.3 is 10.1 Å². The van der Waals surface area contributed by atoms with Gasteiger partial charge in [0, 0.05) is 26.2 Å². The minimum atomic E-state index is -0.183. The molecule has 1 rings (SSSR count). The van der Waals surface area contributed by atoms with Crippen molar-refractivity contribution in [1.29, 1.82) is 0 Å². The van der Waals surface area contributed by atoms with E-state index in [-0.39, 0.29) is 11.9 Å². The van der Waals surface area contributed by atoms with Crippen molar-refractivity contribution in [3.8, 4) is 0 Å². The summed E-state index contributed by atoms with van der Waals surface area (Å²) in [4.78, 5) is 2.20. The van der Waals surface area contributed by atoms with E-state index in [0.29, 0.717) is 12.5 Å². The normalized spacial score (nSPS) is 13.2. The van der Waals surface area contributed by atoms with Crippen molar-refractivity contribution in [1.82, 2.24) is 10.2 Å². The highest BCUT2D eigenvalue weighted by atomic mass is 19.1. The molecule has 1 aromatic carbocycles. The fourth-order valence-electron chi connectivity index (χ4n) is 2.13. The Morgan fingerprint density at radius 1 is 1.30 bits per heavy atom. The second-order valence-electron chi connectivity index (χ2n) is 5.71. The first-order valence-corrected chi connectivity index (χ1v) is 7.17. The van der Waals surface area contributed by atoms with Gasteiger partial charge in [-0.05, 0) is 37.2 Å². The molecule has 0 amide bonds. The molecule has 114 valence electrons. The fraction of sp³-hybridized carbons (Fsp3) is 0.625. The molecule has 0 aromatic heterocycles. The predicted molar refractivity (Wildman–Crippen MR) is 81.2 cm³/mol. The number of likely N-dealkylation sites (N-methyl/N-ethyl adjacent to an activating group) is 1. The van der Waals surface area contributed by atoms with Crippen molar-refractivity contribution in [3.63, 3.8) is 0 Å². The van der Waals surface area contributed by atoms with E-state index in [1.807, 2.05) is 13.1 Å². The number of ether oxygens (including phenoxy) is 1. The molecule has 1 unspecified atom stereocenters. The number of methoxy groups -OCH3 is 1. The summed E-state index contributed by atoms with van der Waals surface area (Å²) in [6.07, 6.45) is 0. The highest BCUT2D eigenvalue weighted by Gasteiger charge is 2.15. The van der Waals surface area contributed by atoms with Crippen LogP contribution in [0.1, 0.15) is 19.4 Å². The lowest BCUT2D eigenvalue weighted by Gasteiger charge is -2.28. The lowest BCUT2D eigenvalue weighted by Crippen LogP contribution is -2.43. The van der Waals surface area contributed by atoms with Gasteiger partial charge in [0.2, 0.25) is 0 Å². The number of hydrogen-bond acceptors (Lipinski definition) is 3. The van der Waals surface area contributed by atoms with Crippen LogP contribution in [-0.2, 0) is 11.3 Å². The molecule has 3 nitrogen and oxygen atoms in total. The largest absolute Gasteiger partial charge is 0.383 e. The summed E-state index contributed by atoms with van der Waals surface area (Å²) in [5.74, 6) is 0.448. The third-order valence-electron chi connectivity index (χ3n) is 3.24. The third-order valence-corrected chi connectivity index (χ3v) is 3.24. The van der Waals surface area contributed by atoms with Crippen LogP contribution in [-0.4, -0.2) is 44.8 Å². The van der Waals surface area contributed by atoms with Gasteiger partial charge in [-0.1, -0.05) is 26.0 Å². The van der Waals surface area contributed by atoms with E-state index in [0.717, 1.165) is 25.2 Å². The summed E-state index contributed by atoms with van der Waals surface area (Å²) in [6, 6.07) is 7.04. The molecule has 0 bridgehead atoms. The molecule has 0 radical (unpaired) electrons. The number of hydrogen-bond donors (Lipinski definition) is 1. The van der Waals surface area contributed by atoms with Gasteiger partial charge >= 0.3 is 0 Å². The zero-order valence-corrected chi connectivity index (χ0v) is 13.0. The summed E-state index contributed by atoms with van der Waals surface area (Å²) in [5, 5.41) is 3.45. The maximum Gasteiger partial charge on any atom is 0.123 e. The molecule has 1 atom stereocenters. The van der Waals surface area contributed by atoms with Gasteiger partial charge in [0.15, 0.2) is 0 Å². The standard InChI is InChI=1S/C16H27FN2O/c1-13(2)9-18-10-16(12-20-4)19(3)11-14-6-5-7-15(17)8-14/h5-8,13,16,18H,9-12H2,1-4H3. The molecular formula is C16H27FN2O. The Hall–Kier alpha value is -0.970. The Morgan fingerprint density at radius 2 is 2.05 bits per heavy atom. The Kier molecular flexibility index (Phi) is 7.73. The van der Waals surface area contributed by atoms with Gasteiger partial charge in [-0.3, -0.25) is 4.90 Å². The smallest absolute Gasteiger partial charge is 0.123 e. The topological polar surface area (TPSA) is 24.5 Å². The zero-order chi connectivity index (χ0) is 15.0. The Labute approximate surface area is 122 Å². The molecule has 0 heterocycles. The Bertz CT molecular complexity index is 384. The highest BCUT2D eigenvalue weighted by molar-refractivity contribution is 5.16. The van der Waals surface area contributed by atoms with E-state index in [1.54, 1.807) is 19.2 Å². The number of nitrogens with one attached hydrogen (secondary N) is 1. The number of halogens is 1. The van der Waals surface area contributed by atoms with Crippen LogP contribution in [0, 0.1) is 11.7 Å². The third kappa shape index (κ3) is 6.46. The molecule has 0 aliphatic carbocycles. The van der Waals surface area contributed by atoms with E-state index >= 15 is 0 Å². The van der Waals surface area contributed by atoms with Crippen molar-refractivity contribution in [3.05, 3.63) is 35.6 Å². The van der Waals surface area contributed by atoms with Crippen LogP contribution in [0.5, 0.6) is 0 Å². The van der Waals surface area contributed by atoms with Gasteiger partial charge in [-0.15, -0.1) is 0 Å². The van der Waals surface area contributed by atoms with Crippen molar-refractivity contribution in [2.45, 2.75) is 26.4 Å². The molecule has 1 N–H and O–H groups in total. The molecule has 0 spiro atoms. The van der Waals surface area contributed by atoms with Crippen molar-refractivity contribution < 1.29 is 9.13 Å². The SMILES string of the molecule is COCC(CNCC(C)C)N(C)Cc1cccc(F)c1. The molecule has 0 aliphatic heterocycles. The molecule has 0 aliphatic rings. The van der Waals surface area contributed by atoms with Gasteiger partial charge in [-0.25, -0.2) is 4.39 Å². The summed E-state index contributed by atoms with van der Waals surface area (Å²) in [7, 11) is 3.76. The Morgan fingerprint density at radius 3 is 2.65 bits per heavy atom. The number of rotatable bonds is 9. The molecule has 4 heteroatoms. The molecule has 0 fully saturated rings. The highest BCUT2D eigenvalue weighted by Crippen LogP contribution is 2.08. The average Bonchev–Trinajstić information content (AvgIpc) is 2.37. The zero-order valence-electron chi connectivity index (χ0n) is 13.0. The van der Waals surface area contributed by atoms with Gasteiger partial charge in [0.05, 0.1) is 6.61 Å². The fourth-order valence-corrected chi connectivity index (χ4v) is 2.13. The van der Waals surface area contributed by atoms with Crippen LogP contribution in [0.4, 0.5) is 4.39 Å². The van der Waals surface area contributed by atoms with Gasteiger partial charge in [0.1, 0.15) is 5.82 Å². The quantitative estimate of drug-likeness (QED) is 0.753. The van der Waals surface area contributed by atoms with E-state index < -0.39 is 0 Å². The van der Waals surface area contributed by atoms with Crippen molar-refractivity contribution >= 4 is 0 Å².